The summed E-state index contributed by atoms with van der Waals surface area (Å²) in [6.45, 7) is 0.238. The summed E-state index contributed by atoms with van der Waals surface area (Å²) < 4.78 is 11.9. The van der Waals surface area contributed by atoms with Crippen molar-refractivity contribution < 1.29 is 24.0 Å². The molecule has 2 aliphatic rings. The average Bonchev–Trinajstić information content (AvgIpc) is 3.67. The van der Waals surface area contributed by atoms with Gasteiger partial charge in [0.05, 0.1) is 26.2 Å². The van der Waals surface area contributed by atoms with Gasteiger partial charge in [0.15, 0.2) is 0 Å². The largest absolute Gasteiger partial charge is 0.489 e. The number of benzene rings is 3. The zero-order valence-electron chi connectivity index (χ0n) is 20.7. The molecule has 6 rings (SSSR count). The number of hydrogen-bond donors (Lipinski definition) is 1. The summed E-state index contributed by atoms with van der Waals surface area (Å²) in [4.78, 5) is 16.2. The van der Waals surface area contributed by atoms with Crippen LogP contribution in [0.5, 0.6) is 5.75 Å². The number of ether oxygens (including phenoxy) is 1. The summed E-state index contributed by atoms with van der Waals surface area (Å²) in [5.74, 6) is 2.08. The normalized spacial score (nSPS) is 19.8. The van der Waals surface area contributed by atoms with E-state index in [0.29, 0.717) is 56.8 Å². The molecule has 2 aliphatic carbocycles. The van der Waals surface area contributed by atoms with E-state index in [1.807, 2.05) is 30.3 Å². The lowest BCUT2D eigenvalue weighted by atomic mass is 9.65. The fourth-order valence-electron chi connectivity index (χ4n) is 5.10. The van der Waals surface area contributed by atoms with Crippen molar-refractivity contribution in [2.45, 2.75) is 49.7 Å². The van der Waals surface area contributed by atoms with Gasteiger partial charge in [-0.25, -0.2) is 0 Å². The highest BCUT2D eigenvalue weighted by atomic mass is 35.5. The van der Waals surface area contributed by atoms with Crippen molar-refractivity contribution in [1.29, 1.82) is 0 Å². The Hall–Kier alpha value is -3.12. The average molecular weight is 585 g/mol. The fraction of sp³-hybridized carbons (Fsp3) is 0.267. The van der Waals surface area contributed by atoms with E-state index in [-0.39, 0.29) is 12.8 Å². The van der Waals surface area contributed by atoms with Gasteiger partial charge in [-0.2, -0.15) is 9.59 Å². The molecule has 6 nitrogen and oxygen atoms in total. The Labute approximate surface area is 240 Å². The predicted molar refractivity (Wildman–Crippen MR) is 147 cm³/mol. The molecule has 2 fully saturated rings. The number of halogens is 3. The van der Waals surface area contributed by atoms with Crippen molar-refractivity contribution in [3.63, 3.8) is 0 Å². The van der Waals surface area contributed by atoms with Crippen LogP contribution in [0.1, 0.15) is 60.0 Å². The number of rotatable bonds is 7. The van der Waals surface area contributed by atoms with E-state index in [0.717, 1.165) is 29.7 Å². The van der Waals surface area contributed by atoms with Crippen LogP contribution in [-0.2, 0) is 21.8 Å². The molecule has 0 aliphatic heterocycles. The molecule has 0 radical (unpaired) electrons. The molecule has 0 unspecified atom stereocenters. The smallest absolute Gasteiger partial charge is 0.373 e. The van der Waals surface area contributed by atoms with Gasteiger partial charge in [-0.3, -0.25) is 0 Å². The maximum absolute atomic E-state index is 11.2. The number of hydrogen-bond acceptors (Lipinski definition) is 6. The zero-order valence-corrected chi connectivity index (χ0v) is 23.0. The van der Waals surface area contributed by atoms with Crippen LogP contribution in [0.2, 0.25) is 15.1 Å². The van der Waals surface area contributed by atoms with Gasteiger partial charge in [0.2, 0.25) is 0 Å². The quantitative estimate of drug-likeness (QED) is 0.237. The van der Waals surface area contributed by atoms with Gasteiger partial charge in [-0.15, -0.1) is 0 Å². The van der Waals surface area contributed by atoms with Gasteiger partial charge in [0.25, 0.3) is 0 Å². The van der Waals surface area contributed by atoms with E-state index in [4.69, 9.17) is 53.7 Å². The van der Waals surface area contributed by atoms with E-state index >= 15 is 0 Å². The predicted octanol–water partition coefficient (Wildman–Crippen LogP) is 7.94. The molecule has 0 amide bonds. The second-order valence-electron chi connectivity index (χ2n) is 9.81. The monoisotopic (exact) mass is 583 g/mol. The zero-order chi connectivity index (χ0) is 27.6. The van der Waals surface area contributed by atoms with Crippen molar-refractivity contribution in [2.75, 3.05) is 0 Å². The van der Waals surface area contributed by atoms with Crippen molar-refractivity contribution in [1.82, 2.24) is 5.16 Å². The summed E-state index contributed by atoms with van der Waals surface area (Å²) in [6, 6.07) is 21.1. The maximum atomic E-state index is 11.2. The van der Waals surface area contributed by atoms with Crippen LogP contribution in [0, 0.1) is 0 Å². The van der Waals surface area contributed by atoms with Gasteiger partial charge < -0.3 is 14.4 Å². The minimum atomic E-state index is -0.933. The summed E-state index contributed by atoms with van der Waals surface area (Å²) in [6.07, 6.45) is 3.65. The van der Waals surface area contributed by atoms with Gasteiger partial charge >= 0.3 is 6.15 Å². The van der Waals surface area contributed by atoms with Crippen LogP contribution in [0.3, 0.4) is 0 Å². The second-order valence-corrected chi connectivity index (χ2v) is 11.0. The van der Waals surface area contributed by atoms with Crippen LogP contribution in [-0.4, -0.2) is 16.4 Å². The molecule has 1 N–H and O–H groups in total. The molecular formula is C30H24Cl3NO5. The van der Waals surface area contributed by atoms with E-state index in [1.165, 1.54) is 5.56 Å². The standard InChI is InChI=1S/C29H24Cl3NO3.CO2/c30-23-7-4-8-24(31)26(23)27-21(28(36-33-27)18-9-10-18)16-35-20-11-12-22(25(32)13-20)29(34)14-19(15-29)17-5-2-1-3-6-17;2-1-3/h1-8,11-13,18-19,34H,9-10,14-16H2;. The van der Waals surface area contributed by atoms with Crippen LogP contribution < -0.4 is 4.74 Å². The van der Waals surface area contributed by atoms with E-state index in [9.17, 15) is 5.11 Å². The molecule has 0 spiro atoms. The highest BCUT2D eigenvalue weighted by molar-refractivity contribution is 6.39. The minimum absolute atomic E-state index is 0.238. The molecule has 3 aromatic carbocycles. The molecule has 0 atom stereocenters. The number of aromatic nitrogens is 1. The van der Waals surface area contributed by atoms with Crippen LogP contribution in [0.4, 0.5) is 0 Å². The maximum Gasteiger partial charge on any atom is 0.373 e. The topological polar surface area (TPSA) is 89.6 Å². The first kappa shape index (κ1) is 27.4. The summed E-state index contributed by atoms with van der Waals surface area (Å²) in [7, 11) is 0. The van der Waals surface area contributed by atoms with Gasteiger partial charge in [0, 0.05) is 17.0 Å². The molecule has 2 saturated carbocycles. The number of nitrogens with zero attached hydrogens (tertiary/aromatic N) is 1. The van der Waals surface area contributed by atoms with E-state index < -0.39 is 5.60 Å². The molecule has 200 valence electrons. The van der Waals surface area contributed by atoms with E-state index in [1.54, 1.807) is 24.3 Å². The first-order valence-corrected chi connectivity index (χ1v) is 13.6. The van der Waals surface area contributed by atoms with Gasteiger partial charge in [-0.1, -0.05) is 82.4 Å². The summed E-state index contributed by atoms with van der Waals surface area (Å²) in [5.41, 5.74) is 3.13. The van der Waals surface area contributed by atoms with Crippen LogP contribution in [0.15, 0.2) is 71.3 Å². The van der Waals surface area contributed by atoms with Crippen LogP contribution >= 0.6 is 34.8 Å². The third-order valence-electron chi connectivity index (χ3n) is 7.23. The Morgan fingerprint density at radius 2 is 1.59 bits per heavy atom. The third kappa shape index (κ3) is 5.76. The first-order chi connectivity index (χ1) is 18.8. The van der Waals surface area contributed by atoms with Crippen molar-refractivity contribution in [2.24, 2.45) is 0 Å². The fourth-order valence-corrected chi connectivity index (χ4v) is 6.03. The molecule has 4 aromatic rings. The third-order valence-corrected chi connectivity index (χ3v) is 8.17. The number of carbonyl (C=O) groups excluding carboxylic acids is 2. The SMILES string of the molecule is O=C=O.OC1(c2ccc(OCc3c(-c4c(Cl)cccc4Cl)noc3C3CC3)cc2Cl)CC(c2ccccc2)C1. The lowest BCUT2D eigenvalue weighted by Gasteiger charge is -2.44. The highest BCUT2D eigenvalue weighted by Gasteiger charge is 2.45. The molecule has 1 heterocycles. The molecular weight excluding hydrogens is 561 g/mol. The van der Waals surface area contributed by atoms with E-state index in [2.05, 4.69) is 17.3 Å². The Morgan fingerprint density at radius 1 is 0.923 bits per heavy atom. The summed E-state index contributed by atoms with van der Waals surface area (Å²) in [5, 5.41) is 17.0. The lowest BCUT2D eigenvalue weighted by Crippen LogP contribution is -2.40. The molecule has 39 heavy (non-hydrogen) atoms. The molecule has 9 heteroatoms. The minimum Gasteiger partial charge on any atom is -0.489 e. The van der Waals surface area contributed by atoms with Gasteiger partial charge in [0.1, 0.15) is 23.8 Å². The Morgan fingerprint density at radius 3 is 2.21 bits per heavy atom. The van der Waals surface area contributed by atoms with Crippen molar-refractivity contribution in [3.8, 4) is 17.0 Å². The highest BCUT2D eigenvalue weighted by Crippen LogP contribution is 2.53. The lowest BCUT2D eigenvalue weighted by molar-refractivity contribution is -0.191. The second kappa shape index (κ2) is 11.5. The number of aliphatic hydroxyl groups is 1. The van der Waals surface area contributed by atoms with Crippen molar-refractivity contribution in [3.05, 3.63) is 104 Å². The Bertz CT molecular complexity index is 1480. The molecule has 0 bridgehead atoms. The van der Waals surface area contributed by atoms with Gasteiger partial charge in [-0.05, 0) is 61.4 Å². The molecule has 1 aromatic heterocycles. The Balaban J connectivity index is 0.000000983. The Kier molecular flexibility index (Phi) is 8.13. The van der Waals surface area contributed by atoms with Crippen LogP contribution in [0.25, 0.3) is 11.3 Å². The summed E-state index contributed by atoms with van der Waals surface area (Å²) >= 11 is 19.6. The molecule has 0 saturated heterocycles. The first-order valence-electron chi connectivity index (χ1n) is 12.5. The van der Waals surface area contributed by atoms with Crippen molar-refractivity contribution >= 4 is 41.0 Å².